The predicted molar refractivity (Wildman–Crippen MR) is 303 cm³/mol. The lowest BCUT2D eigenvalue weighted by atomic mass is 9.82. The van der Waals surface area contributed by atoms with Gasteiger partial charge in [0.05, 0.1) is 46.2 Å². The second-order valence-corrected chi connectivity index (χ2v) is 25.0. The maximum Gasteiger partial charge on any atom is 0.229 e. The van der Waals surface area contributed by atoms with Crippen molar-refractivity contribution < 1.29 is 188 Å². The first-order valence-corrected chi connectivity index (χ1v) is 31.0. The highest BCUT2D eigenvalue weighted by Crippen LogP contribution is 2.40. The Morgan fingerprint density at radius 2 is 0.604 bits per heavy atom. The van der Waals surface area contributed by atoms with E-state index in [0.29, 0.717) is 6.42 Å². The number of nitrogens with one attached hydrogen (secondary N) is 1. The first-order chi connectivity index (χ1) is 45.6. The molecule has 0 aromatic heterocycles. The van der Waals surface area contributed by atoms with Crippen LogP contribution < -0.4 is 10.1 Å². The molecule has 8 heterocycles. The van der Waals surface area contributed by atoms with E-state index in [2.05, 4.69) is 5.32 Å². The number of hydrogen-bond acceptors (Lipinski definition) is 39. The molecule has 0 amide bonds. The Kier molecular flexibility index (Phi) is 26.3. The van der Waals surface area contributed by atoms with Crippen molar-refractivity contribution in [2.45, 2.75) is 241 Å². The van der Waals surface area contributed by atoms with E-state index in [0.717, 1.165) is 12.7 Å². The molecule has 8 aliphatic heterocycles. The molecule has 39 nitrogen and oxygen atoms in total. The van der Waals surface area contributed by atoms with Gasteiger partial charge in [-0.2, -0.15) is 0 Å². The van der Waals surface area contributed by atoms with Crippen LogP contribution in [-0.2, 0) is 77.5 Å². The van der Waals surface area contributed by atoms with Crippen molar-refractivity contribution in [3.05, 3.63) is 41.5 Å². The molecule has 9 rings (SSSR count). The van der Waals surface area contributed by atoms with E-state index in [-0.39, 0.29) is 23.4 Å². The van der Waals surface area contributed by atoms with Crippen LogP contribution in [0.25, 0.3) is 0 Å². The van der Waals surface area contributed by atoms with Crippen molar-refractivity contribution in [2.24, 2.45) is 5.41 Å². The zero-order chi connectivity index (χ0) is 70.1. The summed E-state index contributed by atoms with van der Waals surface area (Å²) >= 11 is 0. The Labute approximate surface area is 546 Å². The third-order valence-corrected chi connectivity index (χ3v) is 18.6. The number of benzene rings is 1. The summed E-state index contributed by atoms with van der Waals surface area (Å²) in [5, 5.41) is 242. The van der Waals surface area contributed by atoms with Crippen molar-refractivity contribution in [1.82, 2.24) is 5.32 Å². The van der Waals surface area contributed by atoms with Gasteiger partial charge in [0.15, 0.2) is 43.5 Å². The molecule has 0 spiro atoms. The maximum absolute atomic E-state index is 11.7. The lowest BCUT2D eigenvalue weighted by Crippen LogP contribution is -2.68. The van der Waals surface area contributed by atoms with E-state index in [1.54, 1.807) is 38.1 Å². The van der Waals surface area contributed by atoms with E-state index in [4.69, 9.17) is 75.8 Å². The van der Waals surface area contributed by atoms with Crippen LogP contribution in [0.5, 0.6) is 5.75 Å². The van der Waals surface area contributed by atoms with Crippen LogP contribution in [0.15, 0.2) is 35.9 Å². The van der Waals surface area contributed by atoms with Crippen molar-refractivity contribution in [3.8, 4) is 5.75 Å². The predicted octanol–water partition coefficient (Wildman–Crippen LogP) is -12.1. The average Bonchev–Trinajstić information content (AvgIpc) is 1.04. The van der Waals surface area contributed by atoms with Crippen molar-refractivity contribution in [2.75, 3.05) is 60.5 Å². The summed E-state index contributed by atoms with van der Waals surface area (Å²) in [5.41, 5.74) is 0.00376. The molecular formula is C57H91NO38. The van der Waals surface area contributed by atoms with Gasteiger partial charge in [-0.15, -0.1) is 0 Å². The van der Waals surface area contributed by atoms with E-state index >= 15 is 0 Å². The molecule has 0 radical (unpaired) electrons. The summed E-state index contributed by atoms with van der Waals surface area (Å²) in [6.07, 6.45) is -63.9. The summed E-state index contributed by atoms with van der Waals surface area (Å²) in [6.45, 7) is -3.06. The van der Waals surface area contributed by atoms with Gasteiger partial charge in [-0.05, 0) is 24.1 Å². The van der Waals surface area contributed by atoms with Gasteiger partial charge < -0.3 is 193 Å². The van der Waals surface area contributed by atoms with E-state index in [9.17, 15) is 112 Å². The highest BCUT2D eigenvalue weighted by atomic mass is 16.8. The van der Waals surface area contributed by atoms with E-state index in [1.807, 2.05) is 0 Å². The molecule has 23 N–H and O–H groups in total. The molecule has 7 saturated heterocycles. The minimum Gasteiger partial charge on any atom is -0.506 e. The molecule has 552 valence electrons. The topological polar surface area (TPSA) is 605 Å². The van der Waals surface area contributed by atoms with Gasteiger partial charge in [0.25, 0.3) is 0 Å². The van der Waals surface area contributed by atoms with Gasteiger partial charge in [-0.3, -0.25) is 0 Å². The standard InChI is InChI=1S/C57H91NO38/c1-57(2)26(58-49(80)48(57)79)9-17-5-7-18(8-6-17)83-50-34(73)28(67)45(24(15-64)85-50)96-56-47(82-4)39(78)46(25(16-65)90-56)95-55-38(77)32(71)44(23(14-63)89-55)94-54-37(76)31(70)43(22(13-62)88-54)93-53-36(75)30(69)42(21(12-61)87-53)92-52-35(74)29(68)41(20(11-60)86-52)91-51-33(72)27(66)40(81-3)19(10-59)84-51/h5-8,19-47,50-56,58-80H,9-16H2,1-4H3. The van der Waals surface area contributed by atoms with Crippen LogP contribution >= 0.6 is 0 Å². The number of aliphatic hydroxyl groups excluding tert-OH is 22. The van der Waals surface area contributed by atoms with Crippen LogP contribution in [0.3, 0.4) is 0 Å². The molecule has 8 aliphatic rings. The fourth-order valence-electron chi connectivity index (χ4n) is 12.9. The monoisotopic (exact) mass is 1400 g/mol. The summed E-state index contributed by atoms with van der Waals surface area (Å²) in [7, 11) is 2.29. The van der Waals surface area contributed by atoms with Crippen LogP contribution in [0.2, 0.25) is 0 Å². The molecule has 1 aromatic rings. The van der Waals surface area contributed by atoms with Crippen LogP contribution in [0.1, 0.15) is 19.4 Å². The largest absolute Gasteiger partial charge is 0.506 e. The van der Waals surface area contributed by atoms with E-state index in [1.165, 1.54) is 7.11 Å². The lowest BCUT2D eigenvalue weighted by Gasteiger charge is -2.50. The molecule has 7 fully saturated rings. The Morgan fingerprint density at radius 3 is 0.896 bits per heavy atom. The molecule has 0 aliphatic carbocycles. The molecule has 0 saturated carbocycles. The molecule has 1 aromatic carbocycles. The van der Waals surface area contributed by atoms with Gasteiger partial charge in [0.2, 0.25) is 12.2 Å². The second-order valence-electron chi connectivity index (χ2n) is 25.0. The fourth-order valence-corrected chi connectivity index (χ4v) is 12.9. The summed E-state index contributed by atoms with van der Waals surface area (Å²) in [6, 6.07) is 6.13. The smallest absolute Gasteiger partial charge is 0.229 e. The summed E-state index contributed by atoms with van der Waals surface area (Å²) in [5.74, 6) is -0.311. The van der Waals surface area contributed by atoms with Crippen molar-refractivity contribution in [1.29, 1.82) is 0 Å². The second kappa shape index (κ2) is 32.8. The van der Waals surface area contributed by atoms with Crippen molar-refractivity contribution >= 4 is 0 Å². The Bertz CT molecular complexity index is 2590. The average molecular weight is 1400 g/mol. The fraction of sp³-hybridized carbons (Fsp3) is 0.860. The molecule has 0 bridgehead atoms. The quantitative estimate of drug-likeness (QED) is 0.0432. The number of hydrogen-bond donors (Lipinski definition) is 23. The molecule has 36 atom stereocenters. The van der Waals surface area contributed by atoms with Gasteiger partial charge in [-0.1, -0.05) is 26.0 Å². The highest BCUT2D eigenvalue weighted by Gasteiger charge is 2.59. The molecule has 39 heteroatoms. The number of ether oxygens (including phenoxy) is 16. The number of methoxy groups -OCH3 is 2. The lowest BCUT2D eigenvalue weighted by molar-refractivity contribution is -0.398. The molecular weight excluding hydrogens is 1310 g/mol. The third kappa shape index (κ3) is 15.6. The normalized spacial score (nSPS) is 47.8. The molecule has 36 unspecified atom stereocenters. The number of aliphatic hydroxyl groups is 22. The summed E-state index contributed by atoms with van der Waals surface area (Å²) in [4.78, 5) is 0. The number of rotatable bonds is 25. The van der Waals surface area contributed by atoms with Gasteiger partial charge >= 0.3 is 0 Å². The maximum atomic E-state index is 11.7. The minimum absolute atomic E-state index is 0.174. The van der Waals surface area contributed by atoms with Crippen LogP contribution in [0, 0.1) is 5.41 Å². The zero-order valence-corrected chi connectivity index (χ0v) is 52.1. The van der Waals surface area contributed by atoms with E-state index < -0.39 is 267 Å². The van der Waals surface area contributed by atoms with Crippen LogP contribution in [-0.4, -0.2) is 394 Å². The zero-order valence-electron chi connectivity index (χ0n) is 52.1. The highest BCUT2D eigenvalue weighted by molar-refractivity contribution is 5.30. The Morgan fingerprint density at radius 1 is 0.344 bits per heavy atom. The van der Waals surface area contributed by atoms with Gasteiger partial charge in [-0.25, -0.2) is 0 Å². The van der Waals surface area contributed by atoms with Gasteiger partial charge in [0.1, 0.15) is 177 Å². The van der Waals surface area contributed by atoms with Crippen LogP contribution in [0.4, 0.5) is 0 Å². The SMILES string of the molecule is COC1C(CO)OC(OC2C(CO)OC(OC3C(CO)OC(OC4C(CO)OC(OC5C(CO)OC(OC6C(CO)OC(OC7C(CO)OC(Oc8ccc(CC9NC(O)=C(O)C9(C)C)cc8)C(O)C7O)C(OC)C6O)C(O)C5O)C(O)C4O)C(O)C3O)C(O)C2O)C(O)C1O. The first kappa shape index (κ1) is 76.9. The first-order valence-electron chi connectivity index (χ1n) is 31.0. The van der Waals surface area contributed by atoms with Crippen molar-refractivity contribution in [3.63, 3.8) is 0 Å². The Hall–Kier alpha value is -3.24. The summed E-state index contributed by atoms with van der Waals surface area (Å²) < 4.78 is 91.3. The minimum atomic E-state index is -2.23. The van der Waals surface area contributed by atoms with Gasteiger partial charge in [0, 0.05) is 25.7 Å². The third-order valence-electron chi connectivity index (χ3n) is 18.6. The Balaban J connectivity index is 0.775. The molecule has 96 heavy (non-hydrogen) atoms.